The maximum absolute atomic E-state index is 14.2. The first kappa shape index (κ1) is 20.8. The van der Waals surface area contributed by atoms with Crippen molar-refractivity contribution in [1.29, 1.82) is 0 Å². The van der Waals surface area contributed by atoms with Gasteiger partial charge in [0.15, 0.2) is 12.0 Å². The summed E-state index contributed by atoms with van der Waals surface area (Å²) in [6.07, 6.45) is 12.3. The predicted molar refractivity (Wildman–Crippen MR) is 130 cm³/mol. The van der Waals surface area contributed by atoms with Crippen LogP contribution in [0.5, 0.6) is 0 Å². The van der Waals surface area contributed by atoms with Gasteiger partial charge in [0.2, 0.25) is 5.91 Å². The Labute approximate surface area is 201 Å². The van der Waals surface area contributed by atoms with E-state index in [0.717, 1.165) is 30.5 Å². The van der Waals surface area contributed by atoms with E-state index in [4.69, 9.17) is 9.73 Å². The number of rotatable bonds is 3. The van der Waals surface area contributed by atoms with Crippen LogP contribution in [0.2, 0.25) is 0 Å². The number of pyridine rings is 1. The Morgan fingerprint density at radius 2 is 1.85 bits per heavy atom. The van der Waals surface area contributed by atoms with E-state index < -0.39 is 5.72 Å². The van der Waals surface area contributed by atoms with E-state index >= 15 is 0 Å². The number of aliphatic imine (C=N–C) groups is 1. The van der Waals surface area contributed by atoms with Gasteiger partial charge in [0.05, 0.1) is 5.71 Å². The van der Waals surface area contributed by atoms with Crippen molar-refractivity contribution in [3.63, 3.8) is 0 Å². The number of carbonyl (C=O) groups excluding carboxylic acids is 1. The molecule has 5 aliphatic rings. The van der Waals surface area contributed by atoms with Crippen LogP contribution in [0.4, 0.5) is 0 Å². The molecule has 3 aliphatic carbocycles. The zero-order chi connectivity index (χ0) is 22.9. The molecule has 1 saturated heterocycles. The summed E-state index contributed by atoms with van der Waals surface area (Å²) in [5.41, 5.74) is 4.27. The largest absolute Gasteiger partial charge is 0.325 e. The van der Waals surface area contributed by atoms with Crippen LogP contribution in [0.3, 0.4) is 0 Å². The maximum Gasteiger partial charge on any atom is 0.229 e. The lowest BCUT2D eigenvalue weighted by Gasteiger charge is -2.40. The summed E-state index contributed by atoms with van der Waals surface area (Å²) in [5.74, 6) is 0.995. The Morgan fingerprint density at radius 3 is 2.68 bits per heavy atom. The summed E-state index contributed by atoms with van der Waals surface area (Å²) in [7, 11) is 0. The Morgan fingerprint density at radius 1 is 1.06 bits per heavy atom. The molecule has 7 rings (SSSR count). The monoisotopic (exact) mass is 455 g/mol. The number of benzene rings is 1. The summed E-state index contributed by atoms with van der Waals surface area (Å²) in [4.78, 5) is 25.8. The Hall–Kier alpha value is -2.53. The summed E-state index contributed by atoms with van der Waals surface area (Å²) in [5, 5.41) is 0. The van der Waals surface area contributed by atoms with Crippen LogP contribution in [-0.4, -0.2) is 33.5 Å². The van der Waals surface area contributed by atoms with Crippen LogP contribution in [0, 0.1) is 17.3 Å². The fraction of sp³-hybridized carbons (Fsp3) is 0.552. The van der Waals surface area contributed by atoms with Gasteiger partial charge >= 0.3 is 0 Å². The lowest BCUT2D eigenvalue weighted by atomic mass is 9.67. The molecule has 5 atom stereocenters. The molecule has 176 valence electrons. The van der Waals surface area contributed by atoms with E-state index in [1.807, 2.05) is 24.5 Å². The number of aromatic nitrogens is 1. The van der Waals surface area contributed by atoms with Gasteiger partial charge in [-0.3, -0.25) is 14.8 Å². The molecule has 0 N–H and O–H groups in total. The molecule has 2 saturated carbocycles. The van der Waals surface area contributed by atoms with Gasteiger partial charge in [-0.1, -0.05) is 50.5 Å². The molecule has 2 bridgehead atoms. The van der Waals surface area contributed by atoms with Crippen LogP contribution >= 0.6 is 0 Å². The zero-order valence-electron chi connectivity index (χ0n) is 20.0. The highest BCUT2D eigenvalue weighted by atomic mass is 16.6. The molecule has 5 nitrogen and oxygen atoms in total. The molecule has 34 heavy (non-hydrogen) atoms. The average molecular weight is 456 g/mol. The molecule has 2 aliphatic heterocycles. The molecule has 0 radical (unpaired) electrons. The number of amides is 1. The fourth-order valence-corrected chi connectivity index (χ4v) is 7.83. The highest BCUT2D eigenvalue weighted by molar-refractivity contribution is 6.02. The van der Waals surface area contributed by atoms with Crippen molar-refractivity contribution >= 4 is 11.6 Å². The van der Waals surface area contributed by atoms with Crippen molar-refractivity contribution in [1.82, 2.24) is 9.88 Å². The quantitative estimate of drug-likeness (QED) is 0.635. The first-order valence-electron chi connectivity index (χ1n) is 13.1. The van der Waals surface area contributed by atoms with E-state index in [1.165, 1.54) is 43.2 Å². The second-order valence-corrected chi connectivity index (χ2v) is 11.4. The molecule has 3 heterocycles. The maximum atomic E-state index is 14.2. The van der Waals surface area contributed by atoms with Gasteiger partial charge in [0, 0.05) is 37.2 Å². The minimum atomic E-state index is -0.685. The van der Waals surface area contributed by atoms with Crippen LogP contribution in [-0.2, 0) is 22.5 Å². The van der Waals surface area contributed by atoms with E-state index in [9.17, 15) is 4.79 Å². The van der Waals surface area contributed by atoms with Gasteiger partial charge in [0.1, 0.15) is 0 Å². The second-order valence-electron chi connectivity index (χ2n) is 11.4. The molecule has 1 amide bonds. The number of hydrogen-bond acceptors (Lipinski definition) is 4. The van der Waals surface area contributed by atoms with Crippen molar-refractivity contribution in [3.05, 3.63) is 65.5 Å². The topological polar surface area (TPSA) is 54.8 Å². The predicted octanol–water partition coefficient (Wildman–Crippen LogP) is 5.25. The minimum absolute atomic E-state index is 0.0513. The second kappa shape index (κ2) is 7.48. The molecular formula is C29H33N3O2. The number of fused-ring (bicyclic) bond motifs is 5. The zero-order valence-corrected chi connectivity index (χ0v) is 20.0. The van der Waals surface area contributed by atoms with Crippen molar-refractivity contribution < 1.29 is 9.53 Å². The number of ether oxygens (including phenoxy) is 1. The summed E-state index contributed by atoms with van der Waals surface area (Å²) < 4.78 is 7.00. The normalized spacial score (nSPS) is 36.6. The van der Waals surface area contributed by atoms with Crippen molar-refractivity contribution in [2.45, 2.75) is 82.7 Å². The molecule has 1 spiro atoms. The Bertz CT molecular complexity index is 1160. The third-order valence-electron chi connectivity index (χ3n) is 9.67. The third-order valence-corrected chi connectivity index (χ3v) is 9.67. The van der Waals surface area contributed by atoms with Crippen molar-refractivity contribution in [2.75, 3.05) is 0 Å². The van der Waals surface area contributed by atoms with Gasteiger partial charge in [-0.2, -0.15) is 0 Å². The molecule has 2 aromatic rings. The SMILES string of the molecule is C[C@]12Cc3ccccc3C1CC1=N[C@@H](C3CCCCC3)O[C@@]13C[C@@H]2C(=O)N3Cc1ccncc1. The number of hydrogen-bond donors (Lipinski definition) is 0. The van der Waals surface area contributed by atoms with Gasteiger partial charge < -0.3 is 9.64 Å². The lowest BCUT2D eigenvalue weighted by Crippen LogP contribution is -2.53. The summed E-state index contributed by atoms with van der Waals surface area (Å²) in [6.45, 7) is 2.91. The number of nitrogens with zero attached hydrogens (tertiary/aromatic N) is 3. The number of likely N-dealkylation sites (tertiary alicyclic amines) is 1. The summed E-state index contributed by atoms with van der Waals surface area (Å²) in [6, 6.07) is 12.9. The van der Waals surface area contributed by atoms with E-state index in [0.29, 0.717) is 18.4 Å². The minimum Gasteiger partial charge on any atom is -0.325 e. The third kappa shape index (κ3) is 2.85. The molecule has 1 aromatic heterocycles. The fourth-order valence-electron chi connectivity index (χ4n) is 7.83. The van der Waals surface area contributed by atoms with Gasteiger partial charge in [0.25, 0.3) is 0 Å². The smallest absolute Gasteiger partial charge is 0.229 e. The van der Waals surface area contributed by atoms with Crippen LogP contribution in [0.15, 0.2) is 53.8 Å². The van der Waals surface area contributed by atoms with Gasteiger partial charge in [-0.05, 0) is 65.8 Å². The highest BCUT2D eigenvalue weighted by Gasteiger charge is 2.67. The van der Waals surface area contributed by atoms with Gasteiger partial charge in [-0.25, -0.2) is 0 Å². The van der Waals surface area contributed by atoms with Crippen LogP contribution < -0.4 is 0 Å². The van der Waals surface area contributed by atoms with Crippen LogP contribution in [0.25, 0.3) is 0 Å². The molecule has 1 aromatic carbocycles. The highest BCUT2D eigenvalue weighted by Crippen LogP contribution is 2.62. The van der Waals surface area contributed by atoms with Crippen molar-refractivity contribution in [3.8, 4) is 0 Å². The molecular weight excluding hydrogens is 422 g/mol. The first-order chi connectivity index (χ1) is 16.6. The van der Waals surface area contributed by atoms with E-state index in [2.05, 4.69) is 41.1 Å². The first-order valence-corrected chi connectivity index (χ1v) is 13.1. The Kier molecular flexibility index (Phi) is 4.58. The van der Waals surface area contributed by atoms with Crippen LogP contribution in [0.1, 0.15) is 74.5 Å². The Balaban J connectivity index is 1.33. The molecule has 3 fully saturated rings. The summed E-state index contributed by atoms with van der Waals surface area (Å²) >= 11 is 0. The van der Waals surface area contributed by atoms with E-state index in [-0.39, 0.29) is 23.5 Å². The average Bonchev–Trinajstić information content (AvgIpc) is 3.45. The number of carbonyl (C=O) groups is 1. The molecule has 1 unspecified atom stereocenters. The van der Waals surface area contributed by atoms with Gasteiger partial charge in [-0.15, -0.1) is 0 Å². The molecule has 5 heteroatoms. The lowest BCUT2D eigenvalue weighted by molar-refractivity contribution is -0.155. The van der Waals surface area contributed by atoms with Crippen molar-refractivity contribution in [2.24, 2.45) is 22.2 Å². The standard InChI is InChI=1S/C29H33N3O2/c1-28-16-21-9-5-6-10-22(21)23(28)15-25-29(34-26(31-25)20-7-3-2-4-8-20)17-24(28)27(33)32(29)18-19-11-13-30-14-12-19/h5-6,9-14,20,23-24,26H,2-4,7-8,15-18H2,1H3/t23?,24-,26-,28+,29+/m1/s1. The van der Waals surface area contributed by atoms with E-state index in [1.54, 1.807) is 0 Å².